The molecule has 4 N–H and O–H groups in total. The number of fused-ring (bicyclic) bond motifs is 1. The SMILES string of the molecule is N#Cc1cccc(Nc2nc3ccccc3n2-c2cc(I)ccc2Nc2ccccc2N)c1. The van der Waals surface area contributed by atoms with Crippen molar-refractivity contribution < 1.29 is 0 Å². The Labute approximate surface area is 204 Å². The summed E-state index contributed by atoms with van der Waals surface area (Å²) < 4.78 is 3.17. The summed E-state index contributed by atoms with van der Waals surface area (Å²) >= 11 is 2.31. The molecular weight excluding hydrogens is 523 g/mol. The predicted octanol–water partition coefficient (Wildman–Crippen LogP) is 6.57. The molecule has 0 aliphatic carbocycles. The van der Waals surface area contributed by atoms with Gasteiger partial charge in [-0.05, 0) is 83.3 Å². The first-order valence-electron chi connectivity index (χ1n) is 10.3. The second-order valence-electron chi connectivity index (χ2n) is 7.45. The fourth-order valence-electron chi connectivity index (χ4n) is 3.70. The molecule has 0 spiro atoms. The third-order valence-electron chi connectivity index (χ3n) is 5.24. The van der Waals surface area contributed by atoms with E-state index in [4.69, 9.17) is 10.7 Å². The minimum absolute atomic E-state index is 0.582. The van der Waals surface area contributed by atoms with E-state index in [1.807, 2.05) is 78.9 Å². The molecule has 0 radical (unpaired) electrons. The fraction of sp³-hybridized carbons (Fsp3) is 0. The molecule has 0 bridgehead atoms. The van der Waals surface area contributed by atoms with E-state index in [0.717, 1.165) is 37.4 Å². The molecule has 0 unspecified atom stereocenters. The first-order chi connectivity index (χ1) is 16.1. The summed E-state index contributed by atoms with van der Waals surface area (Å²) in [5.74, 6) is 0.650. The quantitative estimate of drug-likeness (QED) is 0.173. The van der Waals surface area contributed by atoms with Crippen molar-refractivity contribution in [3.8, 4) is 11.8 Å². The van der Waals surface area contributed by atoms with E-state index < -0.39 is 0 Å². The normalized spacial score (nSPS) is 10.7. The van der Waals surface area contributed by atoms with Crippen LogP contribution in [0.25, 0.3) is 16.7 Å². The van der Waals surface area contributed by atoms with Gasteiger partial charge in [0.2, 0.25) is 5.95 Å². The van der Waals surface area contributed by atoms with Crippen molar-refractivity contribution in [3.63, 3.8) is 0 Å². The van der Waals surface area contributed by atoms with Gasteiger partial charge in [-0.3, -0.25) is 4.57 Å². The Morgan fingerprint density at radius 2 is 1.67 bits per heavy atom. The van der Waals surface area contributed by atoms with Crippen molar-refractivity contribution in [2.45, 2.75) is 0 Å². The molecule has 0 amide bonds. The van der Waals surface area contributed by atoms with E-state index in [0.29, 0.717) is 17.2 Å². The number of hydrogen-bond donors (Lipinski definition) is 3. The van der Waals surface area contributed by atoms with Crippen LogP contribution >= 0.6 is 22.6 Å². The molecule has 5 rings (SSSR count). The van der Waals surface area contributed by atoms with Gasteiger partial charge in [0.05, 0.1) is 45.4 Å². The second-order valence-corrected chi connectivity index (χ2v) is 8.70. The highest BCUT2D eigenvalue weighted by Gasteiger charge is 2.17. The molecular formula is C26H19IN6. The molecule has 33 heavy (non-hydrogen) atoms. The summed E-state index contributed by atoms with van der Waals surface area (Å²) in [4.78, 5) is 4.85. The number of nitriles is 1. The van der Waals surface area contributed by atoms with Gasteiger partial charge >= 0.3 is 0 Å². The van der Waals surface area contributed by atoms with Crippen LogP contribution in [-0.2, 0) is 0 Å². The van der Waals surface area contributed by atoms with Crippen LogP contribution in [0.1, 0.15) is 5.56 Å². The molecule has 5 aromatic rings. The molecule has 0 aliphatic rings. The van der Waals surface area contributed by atoms with Gasteiger partial charge in [-0.15, -0.1) is 0 Å². The van der Waals surface area contributed by atoms with Crippen LogP contribution in [0.2, 0.25) is 0 Å². The molecule has 1 aromatic heterocycles. The summed E-state index contributed by atoms with van der Waals surface area (Å²) in [5.41, 5.74) is 12.7. The number of rotatable bonds is 5. The maximum absolute atomic E-state index is 9.29. The first kappa shape index (κ1) is 20.8. The van der Waals surface area contributed by atoms with Crippen LogP contribution in [0, 0.1) is 14.9 Å². The number of halogens is 1. The van der Waals surface area contributed by atoms with Gasteiger partial charge in [-0.25, -0.2) is 4.98 Å². The number of aromatic nitrogens is 2. The van der Waals surface area contributed by atoms with Gasteiger partial charge < -0.3 is 16.4 Å². The van der Waals surface area contributed by atoms with Crippen molar-refractivity contribution >= 4 is 62.3 Å². The summed E-state index contributed by atoms with van der Waals surface area (Å²) in [6.45, 7) is 0. The Hall–Kier alpha value is -4.03. The highest BCUT2D eigenvalue weighted by molar-refractivity contribution is 14.1. The Kier molecular flexibility index (Phi) is 5.59. The number of benzene rings is 4. The highest BCUT2D eigenvalue weighted by atomic mass is 127. The maximum atomic E-state index is 9.29. The Balaban J connectivity index is 1.68. The number of anilines is 5. The van der Waals surface area contributed by atoms with Crippen LogP contribution in [0.3, 0.4) is 0 Å². The number of imidazole rings is 1. The van der Waals surface area contributed by atoms with E-state index in [1.54, 1.807) is 6.07 Å². The zero-order valence-electron chi connectivity index (χ0n) is 17.5. The number of nitrogens with one attached hydrogen (secondary N) is 2. The van der Waals surface area contributed by atoms with Crippen molar-refractivity contribution in [1.29, 1.82) is 5.26 Å². The summed E-state index contributed by atoms with van der Waals surface area (Å²) in [7, 11) is 0. The molecule has 0 saturated carbocycles. The summed E-state index contributed by atoms with van der Waals surface area (Å²) in [5, 5.41) is 16.2. The average molecular weight is 542 g/mol. The lowest BCUT2D eigenvalue weighted by Crippen LogP contribution is -2.06. The number of nitrogens with two attached hydrogens (primary N) is 1. The molecule has 6 nitrogen and oxygen atoms in total. The highest BCUT2D eigenvalue weighted by Crippen LogP contribution is 2.34. The van der Waals surface area contributed by atoms with Crippen LogP contribution in [0.5, 0.6) is 0 Å². The molecule has 7 heteroatoms. The van der Waals surface area contributed by atoms with Crippen molar-refractivity contribution in [2.75, 3.05) is 16.4 Å². The third-order valence-corrected chi connectivity index (χ3v) is 5.91. The van der Waals surface area contributed by atoms with E-state index in [9.17, 15) is 5.26 Å². The summed E-state index contributed by atoms with van der Waals surface area (Å²) in [6.07, 6.45) is 0. The minimum Gasteiger partial charge on any atom is -0.397 e. The minimum atomic E-state index is 0.582. The van der Waals surface area contributed by atoms with Crippen LogP contribution < -0.4 is 16.4 Å². The van der Waals surface area contributed by atoms with Crippen LogP contribution in [0.4, 0.5) is 28.7 Å². The van der Waals surface area contributed by atoms with Crippen LogP contribution in [0.15, 0.2) is 91.0 Å². The predicted molar refractivity (Wildman–Crippen MR) is 142 cm³/mol. The second kappa shape index (κ2) is 8.84. The Morgan fingerprint density at radius 3 is 2.52 bits per heavy atom. The van der Waals surface area contributed by atoms with E-state index in [2.05, 4.69) is 49.9 Å². The first-order valence-corrected chi connectivity index (χ1v) is 11.4. The topological polar surface area (TPSA) is 91.7 Å². The zero-order chi connectivity index (χ0) is 22.8. The van der Waals surface area contributed by atoms with E-state index in [-0.39, 0.29) is 0 Å². The van der Waals surface area contributed by atoms with E-state index in [1.165, 1.54) is 0 Å². The van der Waals surface area contributed by atoms with Gasteiger partial charge in [0.25, 0.3) is 0 Å². The van der Waals surface area contributed by atoms with Crippen molar-refractivity contribution in [3.05, 3.63) is 100 Å². The Bertz CT molecular complexity index is 1520. The smallest absolute Gasteiger partial charge is 0.213 e. The number of nitrogen functional groups attached to an aromatic ring is 1. The number of nitrogens with zero attached hydrogens (tertiary/aromatic N) is 3. The van der Waals surface area contributed by atoms with Gasteiger partial charge in [0, 0.05) is 9.26 Å². The van der Waals surface area contributed by atoms with Crippen molar-refractivity contribution in [1.82, 2.24) is 9.55 Å². The lowest BCUT2D eigenvalue weighted by Gasteiger charge is -2.18. The van der Waals surface area contributed by atoms with Crippen molar-refractivity contribution in [2.24, 2.45) is 0 Å². The van der Waals surface area contributed by atoms with Crippen LogP contribution in [-0.4, -0.2) is 9.55 Å². The molecule has 4 aromatic carbocycles. The number of para-hydroxylation sites is 4. The summed E-state index contributed by atoms with van der Waals surface area (Å²) in [6, 6.07) is 31.4. The van der Waals surface area contributed by atoms with Gasteiger partial charge in [-0.1, -0.05) is 30.3 Å². The maximum Gasteiger partial charge on any atom is 0.213 e. The molecule has 0 aliphatic heterocycles. The molecule has 160 valence electrons. The third kappa shape index (κ3) is 4.21. The van der Waals surface area contributed by atoms with E-state index >= 15 is 0 Å². The lowest BCUT2D eigenvalue weighted by atomic mass is 10.2. The molecule has 0 fully saturated rings. The lowest BCUT2D eigenvalue weighted by molar-refractivity contribution is 1.10. The monoisotopic (exact) mass is 542 g/mol. The van der Waals surface area contributed by atoms with Gasteiger partial charge in [0.15, 0.2) is 0 Å². The van der Waals surface area contributed by atoms with Gasteiger partial charge in [0.1, 0.15) is 0 Å². The van der Waals surface area contributed by atoms with Gasteiger partial charge in [-0.2, -0.15) is 5.26 Å². The number of hydrogen-bond acceptors (Lipinski definition) is 5. The largest absolute Gasteiger partial charge is 0.397 e. The molecule has 0 atom stereocenters. The molecule has 0 saturated heterocycles. The standard InChI is InChI=1S/C26H19IN6/c27-18-12-13-23(31-21-9-2-1-8-20(21)29)25(15-18)33-24-11-4-3-10-22(24)32-26(33)30-19-7-5-6-17(14-19)16-28/h1-15,31H,29H2,(H,30,32). The average Bonchev–Trinajstić information content (AvgIpc) is 3.19. The zero-order valence-corrected chi connectivity index (χ0v) is 19.6. The fourth-order valence-corrected chi connectivity index (χ4v) is 4.18. The Morgan fingerprint density at radius 1 is 0.848 bits per heavy atom. The molecule has 1 heterocycles.